The fourth-order valence-electron chi connectivity index (χ4n) is 2.71. The molecule has 0 spiro atoms. The molecule has 1 heterocycles. The van der Waals surface area contributed by atoms with Gasteiger partial charge in [0, 0.05) is 26.3 Å². The quantitative estimate of drug-likeness (QED) is 0.741. The number of ether oxygens (including phenoxy) is 2. The second-order valence-corrected chi connectivity index (χ2v) is 5.73. The minimum atomic E-state index is -0.430. The van der Waals surface area contributed by atoms with E-state index in [1.54, 1.807) is 0 Å². The maximum Gasteiger partial charge on any atom is 0.410 e. The lowest BCUT2D eigenvalue weighted by molar-refractivity contribution is -0.125. The molecule has 2 rings (SSSR count). The number of likely N-dealkylation sites (tertiary alicyclic amines) is 1. The number of benzene rings is 1. The number of amides is 2. The summed E-state index contributed by atoms with van der Waals surface area (Å²) in [5.74, 6) is -0.111. The van der Waals surface area contributed by atoms with Crippen molar-refractivity contribution in [2.24, 2.45) is 0 Å². The molecule has 0 aliphatic carbocycles. The molecule has 1 aliphatic rings. The molecule has 0 bridgehead atoms. The molecule has 0 radical (unpaired) electrons. The Kier molecular flexibility index (Phi) is 7.55. The van der Waals surface area contributed by atoms with Gasteiger partial charge in [0.1, 0.15) is 12.6 Å². The Balaban J connectivity index is 1.76. The zero-order valence-corrected chi connectivity index (χ0v) is 14.2. The number of rotatable bonds is 8. The lowest BCUT2D eigenvalue weighted by Crippen LogP contribution is -2.46. The molecule has 6 heteroatoms. The molecule has 1 unspecified atom stereocenters. The third kappa shape index (κ3) is 5.53. The second kappa shape index (κ2) is 9.93. The van der Waals surface area contributed by atoms with Crippen molar-refractivity contribution in [2.45, 2.75) is 38.8 Å². The van der Waals surface area contributed by atoms with Crippen LogP contribution in [0.5, 0.6) is 0 Å². The molecule has 24 heavy (non-hydrogen) atoms. The Labute approximate surface area is 143 Å². The Morgan fingerprint density at radius 3 is 2.83 bits per heavy atom. The third-order valence-corrected chi connectivity index (χ3v) is 3.96. The molecule has 1 atom stereocenters. The van der Waals surface area contributed by atoms with Crippen molar-refractivity contribution in [2.75, 3.05) is 26.3 Å². The van der Waals surface area contributed by atoms with Gasteiger partial charge in [0.15, 0.2) is 0 Å². The predicted molar refractivity (Wildman–Crippen MR) is 90.5 cm³/mol. The molecular formula is C18H26N2O4. The van der Waals surface area contributed by atoms with Gasteiger partial charge in [-0.1, -0.05) is 30.3 Å². The van der Waals surface area contributed by atoms with Crippen molar-refractivity contribution in [1.29, 1.82) is 0 Å². The van der Waals surface area contributed by atoms with E-state index in [4.69, 9.17) is 9.47 Å². The van der Waals surface area contributed by atoms with Crippen LogP contribution in [-0.2, 0) is 20.9 Å². The van der Waals surface area contributed by atoms with Crippen LogP contribution in [0.4, 0.5) is 4.79 Å². The van der Waals surface area contributed by atoms with Crippen LogP contribution < -0.4 is 5.32 Å². The average Bonchev–Trinajstić information content (AvgIpc) is 3.10. The lowest BCUT2D eigenvalue weighted by Gasteiger charge is -2.23. The van der Waals surface area contributed by atoms with Crippen LogP contribution in [0.2, 0.25) is 0 Å². The fourth-order valence-corrected chi connectivity index (χ4v) is 2.71. The fraction of sp³-hybridized carbons (Fsp3) is 0.556. The first-order chi connectivity index (χ1) is 11.7. The topological polar surface area (TPSA) is 67.9 Å². The van der Waals surface area contributed by atoms with Gasteiger partial charge >= 0.3 is 6.09 Å². The summed E-state index contributed by atoms with van der Waals surface area (Å²) in [7, 11) is 0. The first-order valence-corrected chi connectivity index (χ1v) is 8.55. The normalized spacial score (nSPS) is 16.9. The van der Waals surface area contributed by atoms with Crippen LogP contribution in [0.15, 0.2) is 30.3 Å². The molecule has 1 aliphatic heterocycles. The largest absolute Gasteiger partial charge is 0.445 e. The van der Waals surface area contributed by atoms with Gasteiger partial charge in [-0.25, -0.2) is 4.79 Å². The minimum absolute atomic E-state index is 0.111. The van der Waals surface area contributed by atoms with Crippen LogP contribution in [0.3, 0.4) is 0 Å². The summed E-state index contributed by atoms with van der Waals surface area (Å²) in [6.07, 6.45) is 1.84. The zero-order chi connectivity index (χ0) is 17.2. The summed E-state index contributed by atoms with van der Waals surface area (Å²) in [5.41, 5.74) is 0.932. The summed E-state index contributed by atoms with van der Waals surface area (Å²) in [6.45, 7) is 4.59. The van der Waals surface area contributed by atoms with Crippen LogP contribution in [0, 0.1) is 0 Å². The Morgan fingerprint density at radius 2 is 2.08 bits per heavy atom. The van der Waals surface area contributed by atoms with E-state index in [9.17, 15) is 9.59 Å². The maximum atomic E-state index is 12.3. The summed E-state index contributed by atoms with van der Waals surface area (Å²) >= 11 is 0. The molecule has 1 saturated heterocycles. The van der Waals surface area contributed by atoms with E-state index in [1.165, 1.54) is 4.90 Å². The van der Waals surface area contributed by atoms with E-state index in [2.05, 4.69) is 5.32 Å². The molecule has 0 saturated carbocycles. The SMILES string of the molecule is CCOCCCNC(=O)C1CCCN1C(=O)OCc1ccccc1. The molecule has 0 aromatic heterocycles. The standard InChI is InChI=1S/C18H26N2O4/c1-2-23-13-7-11-19-17(21)16-10-6-12-20(16)18(22)24-14-15-8-4-3-5-9-15/h3-5,8-9,16H,2,6-7,10-14H2,1H3,(H,19,21). The first-order valence-electron chi connectivity index (χ1n) is 8.55. The van der Waals surface area contributed by atoms with Crippen molar-refractivity contribution in [3.8, 4) is 0 Å². The summed E-state index contributed by atoms with van der Waals surface area (Å²) < 4.78 is 10.6. The highest BCUT2D eigenvalue weighted by Crippen LogP contribution is 2.19. The third-order valence-electron chi connectivity index (χ3n) is 3.96. The van der Waals surface area contributed by atoms with Crippen LogP contribution in [0.1, 0.15) is 31.7 Å². The van der Waals surface area contributed by atoms with Crippen molar-refractivity contribution in [3.63, 3.8) is 0 Å². The second-order valence-electron chi connectivity index (χ2n) is 5.73. The van der Waals surface area contributed by atoms with Gasteiger partial charge in [-0.2, -0.15) is 0 Å². The van der Waals surface area contributed by atoms with Gasteiger partial charge in [-0.05, 0) is 31.7 Å². The number of nitrogens with zero attached hydrogens (tertiary/aromatic N) is 1. The van der Waals surface area contributed by atoms with Crippen molar-refractivity contribution in [1.82, 2.24) is 10.2 Å². The molecule has 2 amide bonds. The van der Waals surface area contributed by atoms with Crippen molar-refractivity contribution in [3.05, 3.63) is 35.9 Å². The summed E-state index contributed by atoms with van der Waals surface area (Å²) in [6, 6.07) is 9.09. The van der Waals surface area contributed by atoms with E-state index in [0.29, 0.717) is 32.7 Å². The molecule has 6 nitrogen and oxygen atoms in total. The predicted octanol–water partition coefficient (Wildman–Crippen LogP) is 2.33. The highest BCUT2D eigenvalue weighted by atomic mass is 16.6. The number of nitrogens with one attached hydrogen (secondary N) is 1. The molecule has 1 aromatic rings. The number of hydrogen-bond acceptors (Lipinski definition) is 4. The first kappa shape index (κ1) is 18.3. The Morgan fingerprint density at radius 1 is 1.29 bits per heavy atom. The van der Waals surface area contributed by atoms with Gasteiger partial charge in [0.2, 0.25) is 5.91 Å². The molecule has 1 fully saturated rings. The minimum Gasteiger partial charge on any atom is -0.445 e. The highest BCUT2D eigenvalue weighted by Gasteiger charge is 2.34. The van der Waals surface area contributed by atoms with E-state index in [-0.39, 0.29) is 12.5 Å². The van der Waals surface area contributed by atoms with E-state index < -0.39 is 12.1 Å². The van der Waals surface area contributed by atoms with Crippen LogP contribution in [-0.4, -0.2) is 49.2 Å². The van der Waals surface area contributed by atoms with Gasteiger partial charge in [0.25, 0.3) is 0 Å². The molecule has 132 valence electrons. The molecule has 1 N–H and O–H groups in total. The number of carbonyl (C=O) groups is 2. The van der Waals surface area contributed by atoms with E-state index >= 15 is 0 Å². The summed E-state index contributed by atoms with van der Waals surface area (Å²) in [5, 5.41) is 2.87. The zero-order valence-electron chi connectivity index (χ0n) is 14.2. The van der Waals surface area contributed by atoms with E-state index in [0.717, 1.165) is 18.4 Å². The monoisotopic (exact) mass is 334 g/mol. The Bertz CT molecular complexity index is 521. The van der Waals surface area contributed by atoms with E-state index in [1.807, 2.05) is 37.3 Å². The van der Waals surface area contributed by atoms with Gasteiger partial charge in [-0.15, -0.1) is 0 Å². The number of hydrogen-bond donors (Lipinski definition) is 1. The molecule has 1 aromatic carbocycles. The van der Waals surface area contributed by atoms with Crippen molar-refractivity contribution >= 4 is 12.0 Å². The van der Waals surface area contributed by atoms with Crippen molar-refractivity contribution < 1.29 is 19.1 Å². The smallest absolute Gasteiger partial charge is 0.410 e. The summed E-state index contributed by atoms with van der Waals surface area (Å²) in [4.78, 5) is 26.0. The van der Waals surface area contributed by atoms with Gasteiger partial charge in [0.05, 0.1) is 0 Å². The highest BCUT2D eigenvalue weighted by molar-refractivity contribution is 5.86. The van der Waals surface area contributed by atoms with Crippen LogP contribution in [0.25, 0.3) is 0 Å². The number of carbonyl (C=O) groups excluding carboxylic acids is 2. The van der Waals surface area contributed by atoms with Gasteiger partial charge < -0.3 is 14.8 Å². The average molecular weight is 334 g/mol. The maximum absolute atomic E-state index is 12.3. The Hall–Kier alpha value is -2.08. The van der Waals surface area contributed by atoms with Crippen LogP contribution >= 0.6 is 0 Å². The lowest BCUT2D eigenvalue weighted by atomic mass is 10.2. The van der Waals surface area contributed by atoms with Gasteiger partial charge in [-0.3, -0.25) is 9.69 Å². The molecular weight excluding hydrogens is 308 g/mol.